The van der Waals surface area contributed by atoms with Crippen LogP contribution in [-0.4, -0.2) is 10.8 Å². The first-order valence-corrected chi connectivity index (χ1v) is 6.90. The summed E-state index contributed by atoms with van der Waals surface area (Å²) in [6, 6.07) is 18.1. The third kappa shape index (κ3) is 2.37. The van der Waals surface area contributed by atoms with Gasteiger partial charge in [0.05, 0.1) is 0 Å². The number of aromatic nitrogens is 1. The molecule has 0 spiro atoms. The van der Waals surface area contributed by atoms with Crippen molar-refractivity contribution >= 4 is 16.7 Å². The van der Waals surface area contributed by atoms with Crippen LogP contribution in [0.3, 0.4) is 0 Å². The molecule has 0 saturated carbocycles. The van der Waals surface area contributed by atoms with Gasteiger partial charge in [-0.2, -0.15) is 0 Å². The fourth-order valence-corrected chi connectivity index (χ4v) is 2.59. The Balaban J connectivity index is 1.83. The molecular formula is C18H17NO. The number of carbonyl (C=O) groups excluding carboxylic acids is 1. The predicted molar refractivity (Wildman–Crippen MR) is 82.1 cm³/mol. The van der Waals surface area contributed by atoms with Gasteiger partial charge in [0.1, 0.15) is 0 Å². The Kier molecular flexibility index (Phi) is 3.38. The highest BCUT2D eigenvalue weighted by molar-refractivity contribution is 6.08. The fourth-order valence-electron chi connectivity index (χ4n) is 2.59. The number of hydrogen-bond acceptors (Lipinski definition) is 1. The lowest BCUT2D eigenvalue weighted by Crippen LogP contribution is -2.04. The molecule has 0 amide bonds. The highest BCUT2D eigenvalue weighted by Gasteiger charge is 2.15. The maximum Gasteiger partial charge on any atom is 0.165 e. The van der Waals surface area contributed by atoms with Gasteiger partial charge in [-0.3, -0.25) is 4.79 Å². The van der Waals surface area contributed by atoms with E-state index in [0.717, 1.165) is 16.5 Å². The molecule has 0 bridgehead atoms. The second-order valence-electron chi connectivity index (χ2n) is 5.19. The number of rotatable bonds is 4. The Morgan fingerprint density at radius 2 is 1.75 bits per heavy atom. The van der Waals surface area contributed by atoms with Crippen molar-refractivity contribution in [1.82, 2.24) is 4.98 Å². The average Bonchev–Trinajstić information content (AvgIpc) is 2.92. The predicted octanol–water partition coefficient (Wildman–Crippen LogP) is 4.54. The Bertz CT molecular complexity index is 727. The van der Waals surface area contributed by atoms with E-state index < -0.39 is 0 Å². The molecule has 20 heavy (non-hydrogen) atoms. The SMILES string of the molecule is CC(CC(=O)c1c[nH]c2ccccc12)c1ccccc1. The van der Waals surface area contributed by atoms with Crippen LogP contribution in [0.2, 0.25) is 0 Å². The molecule has 2 aromatic carbocycles. The summed E-state index contributed by atoms with van der Waals surface area (Å²) in [5, 5.41) is 1.01. The van der Waals surface area contributed by atoms with Crippen LogP contribution in [0.15, 0.2) is 60.8 Å². The van der Waals surface area contributed by atoms with E-state index in [2.05, 4.69) is 24.0 Å². The van der Waals surface area contributed by atoms with Gasteiger partial charge in [0, 0.05) is 29.1 Å². The van der Waals surface area contributed by atoms with Gasteiger partial charge >= 0.3 is 0 Å². The first-order chi connectivity index (χ1) is 9.75. The quantitative estimate of drug-likeness (QED) is 0.688. The standard InChI is InChI=1S/C18H17NO/c1-13(14-7-3-2-4-8-14)11-18(20)16-12-19-17-10-6-5-9-15(16)17/h2-10,12-13,19H,11H2,1H3. The molecule has 1 unspecified atom stereocenters. The summed E-state index contributed by atoms with van der Waals surface area (Å²) in [6.45, 7) is 2.10. The maximum atomic E-state index is 12.5. The lowest BCUT2D eigenvalue weighted by Gasteiger charge is -2.10. The van der Waals surface area contributed by atoms with E-state index in [1.807, 2.05) is 48.7 Å². The van der Waals surface area contributed by atoms with Crippen LogP contribution in [0.1, 0.15) is 35.2 Å². The molecule has 100 valence electrons. The van der Waals surface area contributed by atoms with Gasteiger partial charge in [0.25, 0.3) is 0 Å². The van der Waals surface area contributed by atoms with Gasteiger partial charge in [-0.05, 0) is 17.5 Å². The van der Waals surface area contributed by atoms with Crippen LogP contribution in [-0.2, 0) is 0 Å². The Hall–Kier alpha value is -2.35. The number of para-hydroxylation sites is 1. The van der Waals surface area contributed by atoms with Gasteiger partial charge in [-0.15, -0.1) is 0 Å². The van der Waals surface area contributed by atoms with E-state index >= 15 is 0 Å². The Morgan fingerprint density at radius 3 is 2.55 bits per heavy atom. The number of aromatic amines is 1. The molecule has 2 heteroatoms. The smallest absolute Gasteiger partial charge is 0.165 e. The summed E-state index contributed by atoms with van der Waals surface area (Å²) in [7, 11) is 0. The number of nitrogens with one attached hydrogen (secondary N) is 1. The first kappa shape index (κ1) is 12.7. The number of fused-ring (bicyclic) bond motifs is 1. The highest BCUT2D eigenvalue weighted by Crippen LogP contribution is 2.24. The van der Waals surface area contributed by atoms with Crippen LogP contribution in [0.4, 0.5) is 0 Å². The number of benzene rings is 2. The zero-order chi connectivity index (χ0) is 13.9. The van der Waals surface area contributed by atoms with Crippen molar-refractivity contribution in [2.75, 3.05) is 0 Å². The van der Waals surface area contributed by atoms with Crippen molar-refractivity contribution in [2.45, 2.75) is 19.3 Å². The molecule has 1 N–H and O–H groups in total. The zero-order valence-electron chi connectivity index (χ0n) is 11.5. The molecule has 0 aliphatic rings. The summed E-state index contributed by atoms with van der Waals surface area (Å²) in [5.74, 6) is 0.427. The maximum absolute atomic E-state index is 12.5. The monoisotopic (exact) mass is 263 g/mol. The van der Waals surface area contributed by atoms with Crippen molar-refractivity contribution in [3.05, 3.63) is 71.9 Å². The second kappa shape index (κ2) is 5.33. The number of hydrogen-bond donors (Lipinski definition) is 1. The molecule has 0 saturated heterocycles. The molecule has 1 atom stereocenters. The fraction of sp³-hybridized carbons (Fsp3) is 0.167. The minimum Gasteiger partial charge on any atom is -0.360 e. The summed E-state index contributed by atoms with van der Waals surface area (Å²) in [5.41, 5.74) is 3.02. The van der Waals surface area contributed by atoms with Crippen LogP contribution in [0.5, 0.6) is 0 Å². The Labute approximate surface area is 118 Å². The van der Waals surface area contributed by atoms with Crippen LogP contribution >= 0.6 is 0 Å². The molecule has 0 aliphatic heterocycles. The number of H-pyrrole nitrogens is 1. The lowest BCUT2D eigenvalue weighted by molar-refractivity contribution is 0.0977. The average molecular weight is 263 g/mol. The molecule has 1 heterocycles. The van der Waals surface area contributed by atoms with E-state index in [9.17, 15) is 4.79 Å². The molecule has 3 rings (SSSR count). The minimum atomic E-state index is 0.193. The molecule has 1 aromatic heterocycles. The summed E-state index contributed by atoms with van der Waals surface area (Å²) in [6.07, 6.45) is 2.36. The van der Waals surface area contributed by atoms with Crippen molar-refractivity contribution in [2.24, 2.45) is 0 Å². The summed E-state index contributed by atoms with van der Waals surface area (Å²) < 4.78 is 0. The molecular weight excluding hydrogens is 246 g/mol. The third-order valence-electron chi connectivity index (χ3n) is 3.75. The molecule has 2 nitrogen and oxygen atoms in total. The van der Waals surface area contributed by atoms with Crippen LogP contribution in [0.25, 0.3) is 10.9 Å². The van der Waals surface area contributed by atoms with Gasteiger partial charge in [0.15, 0.2) is 5.78 Å². The number of carbonyl (C=O) groups is 1. The van der Waals surface area contributed by atoms with E-state index in [1.54, 1.807) is 0 Å². The van der Waals surface area contributed by atoms with Crippen molar-refractivity contribution in [1.29, 1.82) is 0 Å². The van der Waals surface area contributed by atoms with Crippen molar-refractivity contribution < 1.29 is 4.79 Å². The van der Waals surface area contributed by atoms with E-state index in [1.165, 1.54) is 5.56 Å². The molecule has 0 radical (unpaired) electrons. The number of ketones is 1. The highest BCUT2D eigenvalue weighted by atomic mass is 16.1. The normalized spacial score (nSPS) is 12.4. The van der Waals surface area contributed by atoms with Gasteiger partial charge in [-0.25, -0.2) is 0 Å². The van der Waals surface area contributed by atoms with Gasteiger partial charge in [0.2, 0.25) is 0 Å². The van der Waals surface area contributed by atoms with E-state index in [0.29, 0.717) is 6.42 Å². The van der Waals surface area contributed by atoms with E-state index in [4.69, 9.17) is 0 Å². The second-order valence-corrected chi connectivity index (χ2v) is 5.19. The van der Waals surface area contributed by atoms with Crippen LogP contribution in [0, 0.1) is 0 Å². The molecule has 0 fully saturated rings. The summed E-state index contributed by atoms with van der Waals surface area (Å²) >= 11 is 0. The van der Waals surface area contributed by atoms with Gasteiger partial charge in [-0.1, -0.05) is 55.5 Å². The Morgan fingerprint density at radius 1 is 1.05 bits per heavy atom. The third-order valence-corrected chi connectivity index (χ3v) is 3.75. The summed E-state index contributed by atoms with van der Waals surface area (Å²) in [4.78, 5) is 15.6. The minimum absolute atomic E-state index is 0.193. The van der Waals surface area contributed by atoms with Crippen molar-refractivity contribution in [3.8, 4) is 0 Å². The topological polar surface area (TPSA) is 32.9 Å². The lowest BCUT2D eigenvalue weighted by atomic mass is 9.93. The number of Topliss-reactive ketones (excluding diaryl/α,β-unsaturated/α-hetero) is 1. The largest absolute Gasteiger partial charge is 0.360 e. The zero-order valence-corrected chi connectivity index (χ0v) is 11.5. The molecule has 3 aromatic rings. The van der Waals surface area contributed by atoms with E-state index in [-0.39, 0.29) is 11.7 Å². The first-order valence-electron chi connectivity index (χ1n) is 6.90. The van der Waals surface area contributed by atoms with Gasteiger partial charge < -0.3 is 4.98 Å². The van der Waals surface area contributed by atoms with Crippen LogP contribution < -0.4 is 0 Å². The van der Waals surface area contributed by atoms with Crippen molar-refractivity contribution in [3.63, 3.8) is 0 Å². The molecule has 0 aliphatic carbocycles.